The molecule has 3 aromatic rings. The number of hydrogen-bond donors (Lipinski definition) is 2. The summed E-state index contributed by atoms with van der Waals surface area (Å²) in [4.78, 5) is 16.4. The van der Waals surface area contributed by atoms with Gasteiger partial charge in [0.2, 0.25) is 6.79 Å². The van der Waals surface area contributed by atoms with Crippen LogP contribution in [0.25, 0.3) is 5.65 Å². The molecule has 2 N–H and O–H groups in total. The number of nitrogens with zero attached hydrogens (tertiary/aromatic N) is 2. The molecule has 0 radical (unpaired) electrons. The van der Waals surface area contributed by atoms with Crippen LogP contribution in [-0.4, -0.2) is 28.8 Å². The van der Waals surface area contributed by atoms with E-state index in [1.54, 1.807) is 0 Å². The van der Waals surface area contributed by atoms with Crippen molar-refractivity contribution in [3.63, 3.8) is 0 Å². The number of fused-ring (bicyclic) bond motifs is 2. The lowest BCUT2D eigenvalue weighted by atomic mass is 10.2. The molecule has 0 bridgehead atoms. The van der Waals surface area contributed by atoms with E-state index < -0.39 is 0 Å². The molecular weight excluding hydrogens is 320 g/mol. The smallest absolute Gasteiger partial charge is 0.315 e. The average Bonchev–Trinajstić information content (AvgIpc) is 3.25. The van der Waals surface area contributed by atoms with Crippen LogP contribution >= 0.6 is 0 Å². The third-order valence-electron chi connectivity index (χ3n) is 3.97. The molecule has 0 spiro atoms. The zero-order valence-electron chi connectivity index (χ0n) is 13.6. The van der Waals surface area contributed by atoms with Crippen molar-refractivity contribution in [3.8, 4) is 11.5 Å². The van der Waals surface area contributed by atoms with E-state index in [0.717, 1.165) is 22.7 Å². The van der Waals surface area contributed by atoms with Gasteiger partial charge in [0.05, 0.1) is 5.69 Å². The highest BCUT2D eigenvalue weighted by molar-refractivity contribution is 5.73. The van der Waals surface area contributed by atoms with E-state index in [1.807, 2.05) is 53.2 Å². The van der Waals surface area contributed by atoms with Gasteiger partial charge in [0.25, 0.3) is 0 Å². The molecule has 1 aromatic carbocycles. The fourth-order valence-electron chi connectivity index (χ4n) is 2.71. The van der Waals surface area contributed by atoms with Gasteiger partial charge in [0, 0.05) is 31.9 Å². The van der Waals surface area contributed by atoms with Crippen LogP contribution in [0.5, 0.6) is 11.5 Å². The lowest BCUT2D eigenvalue weighted by Gasteiger charge is -2.07. The Bertz CT molecular complexity index is 873. The van der Waals surface area contributed by atoms with Crippen LogP contribution in [0.3, 0.4) is 0 Å². The van der Waals surface area contributed by atoms with Crippen LogP contribution < -0.4 is 20.1 Å². The van der Waals surface area contributed by atoms with Crippen LogP contribution in [0.15, 0.2) is 48.8 Å². The Morgan fingerprint density at radius 2 is 2.08 bits per heavy atom. The first-order chi connectivity index (χ1) is 12.3. The monoisotopic (exact) mass is 338 g/mol. The third kappa shape index (κ3) is 3.50. The van der Waals surface area contributed by atoms with Gasteiger partial charge in [-0.25, -0.2) is 9.78 Å². The van der Waals surface area contributed by atoms with Gasteiger partial charge < -0.3 is 24.5 Å². The molecule has 0 unspecified atom stereocenters. The van der Waals surface area contributed by atoms with Crippen LogP contribution in [0.2, 0.25) is 0 Å². The van der Waals surface area contributed by atoms with Crippen molar-refractivity contribution in [2.45, 2.75) is 13.0 Å². The Hall–Kier alpha value is -3.22. The van der Waals surface area contributed by atoms with Gasteiger partial charge in [-0.3, -0.25) is 0 Å². The second-order valence-electron chi connectivity index (χ2n) is 5.75. The van der Waals surface area contributed by atoms with Crippen molar-refractivity contribution < 1.29 is 14.3 Å². The van der Waals surface area contributed by atoms with Crippen molar-refractivity contribution in [1.82, 2.24) is 20.0 Å². The molecule has 3 heterocycles. The molecule has 0 aliphatic carbocycles. The summed E-state index contributed by atoms with van der Waals surface area (Å²) in [7, 11) is 0. The van der Waals surface area contributed by atoms with Crippen LogP contribution in [0.4, 0.5) is 4.79 Å². The maximum Gasteiger partial charge on any atom is 0.315 e. The predicted octanol–water partition coefficient (Wildman–Crippen LogP) is 2.10. The largest absolute Gasteiger partial charge is 0.454 e. The zero-order chi connectivity index (χ0) is 17.1. The summed E-state index contributed by atoms with van der Waals surface area (Å²) in [6.45, 7) is 1.20. The second kappa shape index (κ2) is 6.72. The van der Waals surface area contributed by atoms with Crippen molar-refractivity contribution >= 4 is 11.7 Å². The molecule has 0 fully saturated rings. The first-order valence-electron chi connectivity index (χ1n) is 8.11. The summed E-state index contributed by atoms with van der Waals surface area (Å²) in [6.07, 6.45) is 4.61. The van der Waals surface area contributed by atoms with Gasteiger partial charge in [0.15, 0.2) is 11.5 Å². The van der Waals surface area contributed by atoms with E-state index in [1.165, 1.54) is 0 Å². The number of pyridine rings is 1. The molecule has 2 aromatic heterocycles. The average molecular weight is 338 g/mol. The summed E-state index contributed by atoms with van der Waals surface area (Å²) in [5, 5.41) is 5.67. The van der Waals surface area contributed by atoms with Gasteiger partial charge in [0.1, 0.15) is 5.65 Å². The molecule has 7 nitrogen and oxygen atoms in total. The number of benzene rings is 1. The number of amides is 2. The molecule has 1 aliphatic heterocycles. The molecule has 25 heavy (non-hydrogen) atoms. The van der Waals surface area contributed by atoms with E-state index in [0.29, 0.717) is 25.3 Å². The minimum absolute atomic E-state index is 0.207. The number of imidazole rings is 1. The van der Waals surface area contributed by atoms with E-state index in [4.69, 9.17) is 9.47 Å². The number of nitrogens with one attached hydrogen (secondary N) is 2. The molecule has 0 saturated carbocycles. The molecule has 0 saturated heterocycles. The number of rotatable bonds is 5. The third-order valence-corrected chi connectivity index (χ3v) is 3.97. The van der Waals surface area contributed by atoms with Gasteiger partial charge in [-0.15, -0.1) is 0 Å². The topological polar surface area (TPSA) is 76.9 Å². The van der Waals surface area contributed by atoms with Gasteiger partial charge in [-0.1, -0.05) is 12.1 Å². The van der Waals surface area contributed by atoms with E-state index in [9.17, 15) is 4.79 Å². The SMILES string of the molecule is O=C(NCCc1cn2ccccc2n1)NCc1ccc2c(c1)OCO2. The van der Waals surface area contributed by atoms with E-state index >= 15 is 0 Å². The minimum atomic E-state index is -0.207. The normalized spacial score (nSPS) is 12.3. The van der Waals surface area contributed by atoms with E-state index in [2.05, 4.69) is 15.6 Å². The fourth-order valence-corrected chi connectivity index (χ4v) is 2.71. The van der Waals surface area contributed by atoms with Crippen molar-refractivity contribution in [3.05, 3.63) is 60.0 Å². The van der Waals surface area contributed by atoms with Crippen LogP contribution in [0, 0.1) is 0 Å². The van der Waals surface area contributed by atoms with Gasteiger partial charge >= 0.3 is 6.03 Å². The summed E-state index contributed by atoms with van der Waals surface area (Å²) in [6, 6.07) is 11.3. The molecule has 4 rings (SSSR count). The van der Waals surface area contributed by atoms with Gasteiger partial charge in [-0.05, 0) is 29.8 Å². The quantitative estimate of drug-likeness (QED) is 0.747. The number of ether oxygens (including phenoxy) is 2. The number of carbonyl (C=O) groups excluding carboxylic acids is 1. The lowest BCUT2D eigenvalue weighted by Crippen LogP contribution is -2.36. The van der Waals surface area contributed by atoms with Crippen LogP contribution in [0.1, 0.15) is 11.3 Å². The first-order valence-corrected chi connectivity index (χ1v) is 8.11. The Morgan fingerprint density at radius 1 is 1.16 bits per heavy atom. The lowest BCUT2D eigenvalue weighted by molar-refractivity contribution is 0.174. The predicted molar refractivity (Wildman–Crippen MR) is 91.7 cm³/mol. The summed E-state index contributed by atoms with van der Waals surface area (Å²) >= 11 is 0. The van der Waals surface area contributed by atoms with Crippen molar-refractivity contribution in [2.24, 2.45) is 0 Å². The number of hydrogen-bond acceptors (Lipinski definition) is 4. The number of aromatic nitrogens is 2. The van der Waals surface area contributed by atoms with Crippen molar-refractivity contribution in [2.75, 3.05) is 13.3 Å². The number of urea groups is 1. The Kier molecular flexibility index (Phi) is 4.12. The Balaban J connectivity index is 1.24. The maximum atomic E-state index is 11.9. The molecule has 2 amide bonds. The molecule has 1 aliphatic rings. The Labute approximate surface area is 144 Å². The molecule has 128 valence electrons. The molecular formula is C18H18N4O3. The highest BCUT2D eigenvalue weighted by Gasteiger charge is 2.13. The zero-order valence-corrected chi connectivity index (χ0v) is 13.6. The Morgan fingerprint density at radius 3 is 3.00 bits per heavy atom. The minimum Gasteiger partial charge on any atom is -0.454 e. The highest BCUT2D eigenvalue weighted by atomic mass is 16.7. The second-order valence-corrected chi connectivity index (χ2v) is 5.75. The summed E-state index contributed by atoms with van der Waals surface area (Å²) in [5.74, 6) is 1.45. The summed E-state index contributed by atoms with van der Waals surface area (Å²) in [5.41, 5.74) is 2.81. The first kappa shape index (κ1) is 15.3. The highest BCUT2D eigenvalue weighted by Crippen LogP contribution is 2.32. The standard InChI is InChI=1S/C18H18N4O3/c23-18(20-10-13-4-5-15-16(9-13)25-12-24-15)19-7-6-14-11-22-8-2-1-3-17(22)21-14/h1-5,8-9,11H,6-7,10,12H2,(H2,19,20,23). The van der Waals surface area contributed by atoms with Crippen molar-refractivity contribution in [1.29, 1.82) is 0 Å². The fraction of sp³-hybridized carbons (Fsp3) is 0.222. The van der Waals surface area contributed by atoms with E-state index in [-0.39, 0.29) is 12.8 Å². The summed E-state index contributed by atoms with van der Waals surface area (Å²) < 4.78 is 12.6. The maximum absolute atomic E-state index is 11.9. The molecule has 7 heteroatoms. The van der Waals surface area contributed by atoms with Gasteiger partial charge in [-0.2, -0.15) is 0 Å². The van der Waals surface area contributed by atoms with Crippen LogP contribution in [-0.2, 0) is 13.0 Å². The number of carbonyl (C=O) groups is 1. The molecule has 0 atom stereocenters.